The van der Waals surface area contributed by atoms with Gasteiger partial charge in [0.1, 0.15) is 5.75 Å². The van der Waals surface area contributed by atoms with E-state index in [2.05, 4.69) is 15.3 Å². The highest BCUT2D eigenvalue weighted by molar-refractivity contribution is 5.62. The van der Waals surface area contributed by atoms with E-state index in [1.807, 2.05) is 48.3 Å². The molecule has 0 atom stereocenters. The molecule has 0 spiro atoms. The van der Waals surface area contributed by atoms with Gasteiger partial charge in [0.05, 0.1) is 18.1 Å². The fourth-order valence-corrected chi connectivity index (χ4v) is 2.07. The van der Waals surface area contributed by atoms with Gasteiger partial charge in [-0.15, -0.1) is 0 Å². The molecule has 0 aliphatic rings. The molecular formula is C17H16N4O. The van der Waals surface area contributed by atoms with Gasteiger partial charge in [0, 0.05) is 24.5 Å². The van der Waals surface area contributed by atoms with E-state index in [1.54, 1.807) is 30.6 Å². The minimum absolute atomic E-state index is 0.199. The third-order valence-corrected chi connectivity index (χ3v) is 3.27. The van der Waals surface area contributed by atoms with Gasteiger partial charge in [0.15, 0.2) is 0 Å². The van der Waals surface area contributed by atoms with Crippen LogP contribution in [0.4, 0.5) is 23.0 Å². The van der Waals surface area contributed by atoms with E-state index in [9.17, 15) is 5.11 Å². The Hall–Kier alpha value is -3.08. The Morgan fingerprint density at radius 1 is 0.909 bits per heavy atom. The number of hydrogen-bond acceptors (Lipinski definition) is 5. The highest BCUT2D eigenvalue weighted by Gasteiger charge is 2.05. The maximum Gasteiger partial charge on any atom is 0.227 e. The number of phenolic OH excluding ortho intramolecular Hbond substituents is 1. The second-order valence-corrected chi connectivity index (χ2v) is 4.83. The van der Waals surface area contributed by atoms with Gasteiger partial charge in [-0.25, -0.2) is 9.97 Å². The van der Waals surface area contributed by atoms with Crippen LogP contribution < -0.4 is 10.2 Å². The normalized spacial score (nSPS) is 10.2. The first-order chi connectivity index (χ1) is 10.7. The molecule has 0 aliphatic carbocycles. The number of hydrogen-bond donors (Lipinski definition) is 2. The number of nitrogens with zero attached hydrogens (tertiary/aromatic N) is 3. The molecular weight excluding hydrogens is 276 g/mol. The van der Waals surface area contributed by atoms with Gasteiger partial charge in [0.2, 0.25) is 5.95 Å². The number of anilines is 4. The molecule has 0 unspecified atom stereocenters. The van der Waals surface area contributed by atoms with Crippen LogP contribution in [0.25, 0.3) is 0 Å². The highest BCUT2D eigenvalue weighted by atomic mass is 16.3. The molecule has 2 N–H and O–H groups in total. The lowest BCUT2D eigenvalue weighted by atomic mass is 10.3. The van der Waals surface area contributed by atoms with Gasteiger partial charge in [-0.2, -0.15) is 0 Å². The molecule has 1 aromatic heterocycles. The predicted octanol–water partition coefficient (Wildman–Crippen LogP) is 3.69. The van der Waals surface area contributed by atoms with Crippen LogP contribution in [0.2, 0.25) is 0 Å². The van der Waals surface area contributed by atoms with Gasteiger partial charge >= 0.3 is 0 Å². The number of aromatic nitrogens is 2. The molecule has 3 rings (SSSR count). The molecule has 0 bridgehead atoms. The monoisotopic (exact) mass is 292 g/mol. The van der Waals surface area contributed by atoms with E-state index in [1.165, 1.54) is 0 Å². The Morgan fingerprint density at radius 3 is 2.32 bits per heavy atom. The van der Waals surface area contributed by atoms with Crippen LogP contribution in [-0.2, 0) is 0 Å². The fourth-order valence-electron chi connectivity index (χ4n) is 2.07. The van der Waals surface area contributed by atoms with Gasteiger partial charge in [0.25, 0.3) is 0 Å². The molecule has 5 heteroatoms. The SMILES string of the molecule is CN(c1ccccc1)c1cnc(Nc2cccc(O)c2)nc1. The van der Waals surface area contributed by atoms with Crippen molar-refractivity contribution in [1.82, 2.24) is 9.97 Å². The Balaban J connectivity index is 1.75. The van der Waals surface area contributed by atoms with E-state index < -0.39 is 0 Å². The van der Waals surface area contributed by atoms with Crippen LogP contribution in [-0.4, -0.2) is 22.1 Å². The van der Waals surface area contributed by atoms with Crippen molar-refractivity contribution in [3.8, 4) is 5.75 Å². The predicted molar refractivity (Wildman–Crippen MR) is 87.9 cm³/mol. The molecule has 0 saturated carbocycles. The molecule has 0 radical (unpaired) electrons. The molecule has 110 valence electrons. The number of phenols is 1. The van der Waals surface area contributed by atoms with Crippen LogP contribution in [0.15, 0.2) is 67.0 Å². The largest absolute Gasteiger partial charge is 0.508 e. The summed E-state index contributed by atoms with van der Waals surface area (Å²) >= 11 is 0. The van der Waals surface area contributed by atoms with Crippen molar-refractivity contribution in [2.24, 2.45) is 0 Å². The first kappa shape index (κ1) is 13.9. The third kappa shape index (κ3) is 3.15. The van der Waals surface area contributed by atoms with Crippen LogP contribution in [0.1, 0.15) is 0 Å². The van der Waals surface area contributed by atoms with Gasteiger partial charge < -0.3 is 15.3 Å². The van der Waals surface area contributed by atoms with Crippen molar-refractivity contribution in [3.63, 3.8) is 0 Å². The van der Waals surface area contributed by atoms with Gasteiger partial charge in [-0.05, 0) is 24.3 Å². The molecule has 0 fully saturated rings. The van der Waals surface area contributed by atoms with E-state index in [0.29, 0.717) is 5.95 Å². The summed E-state index contributed by atoms with van der Waals surface area (Å²) in [5.74, 6) is 0.682. The Kier molecular flexibility index (Phi) is 3.87. The van der Waals surface area contributed by atoms with Crippen molar-refractivity contribution in [2.75, 3.05) is 17.3 Å². The highest BCUT2D eigenvalue weighted by Crippen LogP contribution is 2.23. The van der Waals surface area contributed by atoms with Crippen molar-refractivity contribution in [2.45, 2.75) is 0 Å². The Bertz CT molecular complexity index is 744. The zero-order chi connectivity index (χ0) is 15.4. The summed E-state index contributed by atoms with van der Waals surface area (Å²) in [5, 5.41) is 12.5. The van der Waals surface area contributed by atoms with E-state index in [4.69, 9.17) is 0 Å². The molecule has 5 nitrogen and oxygen atoms in total. The summed E-state index contributed by atoms with van der Waals surface area (Å²) < 4.78 is 0. The molecule has 1 heterocycles. The molecule has 3 aromatic rings. The standard InChI is InChI=1S/C17H16N4O/c1-21(14-7-3-2-4-8-14)15-11-18-17(19-12-15)20-13-6-5-9-16(22)10-13/h2-12,22H,1H3,(H,18,19,20). The number of benzene rings is 2. The van der Waals surface area contributed by atoms with Crippen molar-refractivity contribution in [3.05, 3.63) is 67.0 Å². The van der Waals surface area contributed by atoms with Crippen molar-refractivity contribution in [1.29, 1.82) is 0 Å². The number of para-hydroxylation sites is 1. The smallest absolute Gasteiger partial charge is 0.227 e. The molecule has 0 aliphatic heterocycles. The average molecular weight is 292 g/mol. The number of nitrogens with one attached hydrogen (secondary N) is 1. The lowest BCUT2D eigenvalue weighted by Crippen LogP contribution is -2.10. The van der Waals surface area contributed by atoms with Crippen molar-refractivity contribution >= 4 is 23.0 Å². The first-order valence-corrected chi connectivity index (χ1v) is 6.89. The number of rotatable bonds is 4. The molecule has 0 amide bonds. The van der Waals surface area contributed by atoms with Crippen LogP contribution in [0.5, 0.6) is 5.75 Å². The summed E-state index contributed by atoms with van der Waals surface area (Å²) in [6.07, 6.45) is 3.51. The topological polar surface area (TPSA) is 61.3 Å². The maximum absolute atomic E-state index is 9.45. The summed E-state index contributed by atoms with van der Waals surface area (Å²) in [4.78, 5) is 10.6. The number of aromatic hydroxyl groups is 1. The van der Waals surface area contributed by atoms with E-state index in [-0.39, 0.29) is 5.75 Å². The van der Waals surface area contributed by atoms with E-state index >= 15 is 0 Å². The molecule has 22 heavy (non-hydrogen) atoms. The Morgan fingerprint density at radius 2 is 1.64 bits per heavy atom. The summed E-state index contributed by atoms with van der Waals surface area (Å²) in [6, 6.07) is 16.8. The van der Waals surface area contributed by atoms with Gasteiger partial charge in [-0.3, -0.25) is 0 Å². The first-order valence-electron chi connectivity index (χ1n) is 6.89. The summed E-state index contributed by atoms with van der Waals surface area (Å²) in [6.45, 7) is 0. The summed E-state index contributed by atoms with van der Waals surface area (Å²) in [5.41, 5.74) is 2.71. The summed E-state index contributed by atoms with van der Waals surface area (Å²) in [7, 11) is 1.97. The second kappa shape index (κ2) is 6.13. The minimum atomic E-state index is 0.199. The van der Waals surface area contributed by atoms with E-state index in [0.717, 1.165) is 17.1 Å². The Labute approximate surface area is 128 Å². The average Bonchev–Trinajstić information content (AvgIpc) is 2.56. The lowest BCUT2D eigenvalue weighted by molar-refractivity contribution is 0.475. The third-order valence-electron chi connectivity index (χ3n) is 3.27. The van der Waals surface area contributed by atoms with Gasteiger partial charge in [-0.1, -0.05) is 24.3 Å². The maximum atomic E-state index is 9.45. The van der Waals surface area contributed by atoms with Crippen LogP contribution >= 0.6 is 0 Å². The van der Waals surface area contributed by atoms with Crippen molar-refractivity contribution < 1.29 is 5.11 Å². The molecule has 0 saturated heterocycles. The molecule has 2 aromatic carbocycles. The van der Waals surface area contributed by atoms with Crippen LogP contribution in [0, 0.1) is 0 Å². The quantitative estimate of drug-likeness (QED) is 0.768. The minimum Gasteiger partial charge on any atom is -0.508 e. The van der Waals surface area contributed by atoms with Crippen LogP contribution in [0.3, 0.4) is 0 Å². The fraction of sp³-hybridized carbons (Fsp3) is 0.0588. The zero-order valence-electron chi connectivity index (χ0n) is 12.1. The lowest BCUT2D eigenvalue weighted by Gasteiger charge is -2.18. The second-order valence-electron chi connectivity index (χ2n) is 4.83. The zero-order valence-corrected chi connectivity index (χ0v) is 12.1.